The minimum absolute atomic E-state index is 0.0671. The Labute approximate surface area is 144 Å². The summed E-state index contributed by atoms with van der Waals surface area (Å²) in [6.07, 6.45) is 3.65. The number of anilines is 1. The number of nitrogens with one attached hydrogen (secondary N) is 1. The van der Waals surface area contributed by atoms with Gasteiger partial charge in [-0.2, -0.15) is 0 Å². The number of ether oxygens (including phenoxy) is 1. The van der Waals surface area contributed by atoms with Gasteiger partial charge in [-0.1, -0.05) is 24.3 Å². The lowest BCUT2D eigenvalue weighted by atomic mass is 9.99. The van der Waals surface area contributed by atoms with Crippen molar-refractivity contribution < 1.29 is 9.66 Å². The Morgan fingerprint density at radius 2 is 1.80 bits per heavy atom. The fourth-order valence-electron chi connectivity index (χ4n) is 3.09. The molecule has 5 nitrogen and oxygen atoms in total. The van der Waals surface area contributed by atoms with Gasteiger partial charge in [-0.25, -0.2) is 0 Å². The second kappa shape index (κ2) is 5.94. The van der Waals surface area contributed by atoms with Gasteiger partial charge in [-0.3, -0.25) is 10.1 Å². The summed E-state index contributed by atoms with van der Waals surface area (Å²) in [6.45, 7) is 2.09. The standard InChI is InChI=1S/C20H16N2O3/c1-13-12-14-6-11-19(21-15-7-9-16(10-8-15)22(23)24)25-20(14)18-5-3-2-4-17(13)18/h2-12,19,21H,1H3. The average molecular weight is 332 g/mol. The topological polar surface area (TPSA) is 64.4 Å². The van der Waals surface area contributed by atoms with E-state index >= 15 is 0 Å². The number of nitro benzene ring substituents is 1. The largest absolute Gasteiger partial charge is 0.466 e. The summed E-state index contributed by atoms with van der Waals surface area (Å²) in [7, 11) is 0. The third-order valence-corrected chi connectivity index (χ3v) is 4.31. The van der Waals surface area contributed by atoms with Crippen LogP contribution in [0.5, 0.6) is 5.75 Å². The minimum atomic E-state index is -0.411. The first-order valence-corrected chi connectivity index (χ1v) is 8.00. The second-order valence-electron chi connectivity index (χ2n) is 6.00. The van der Waals surface area contributed by atoms with Crippen molar-refractivity contribution in [3.63, 3.8) is 0 Å². The van der Waals surface area contributed by atoms with Crippen molar-refractivity contribution in [2.45, 2.75) is 13.2 Å². The maximum absolute atomic E-state index is 10.7. The smallest absolute Gasteiger partial charge is 0.269 e. The van der Waals surface area contributed by atoms with Gasteiger partial charge in [0.2, 0.25) is 0 Å². The monoisotopic (exact) mass is 332 g/mol. The SMILES string of the molecule is Cc1cc2c(c3ccccc13)OC(Nc1ccc([N+](=O)[O-])cc1)C=C2. The lowest BCUT2D eigenvalue weighted by Crippen LogP contribution is -2.26. The summed E-state index contributed by atoms with van der Waals surface area (Å²) in [5.41, 5.74) is 3.10. The van der Waals surface area contributed by atoms with Crippen molar-refractivity contribution in [2.24, 2.45) is 0 Å². The highest BCUT2D eigenvalue weighted by molar-refractivity contribution is 5.94. The number of benzene rings is 3. The number of rotatable bonds is 3. The highest BCUT2D eigenvalue weighted by Gasteiger charge is 2.18. The van der Waals surface area contributed by atoms with Gasteiger partial charge in [0.1, 0.15) is 5.75 Å². The molecule has 0 bridgehead atoms. The van der Waals surface area contributed by atoms with E-state index in [1.165, 1.54) is 23.1 Å². The first kappa shape index (κ1) is 15.2. The number of nitro groups is 1. The lowest BCUT2D eigenvalue weighted by molar-refractivity contribution is -0.384. The normalized spacial score (nSPS) is 15.5. The van der Waals surface area contributed by atoms with Crippen LogP contribution in [0.1, 0.15) is 11.1 Å². The molecule has 0 aromatic heterocycles. The number of fused-ring (bicyclic) bond motifs is 3. The summed E-state index contributed by atoms with van der Waals surface area (Å²) < 4.78 is 6.15. The van der Waals surface area contributed by atoms with E-state index in [1.807, 2.05) is 24.3 Å². The highest BCUT2D eigenvalue weighted by atomic mass is 16.6. The predicted molar refractivity (Wildman–Crippen MR) is 98.9 cm³/mol. The van der Waals surface area contributed by atoms with Crippen LogP contribution in [0.15, 0.2) is 60.7 Å². The Balaban J connectivity index is 1.63. The van der Waals surface area contributed by atoms with Crippen LogP contribution in [-0.2, 0) is 0 Å². The molecule has 0 saturated heterocycles. The first-order chi connectivity index (χ1) is 12.1. The fourth-order valence-corrected chi connectivity index (χ4v) is 3.09. The molecule has 1 aliphatic rings. The first-order valence-electron chi connectivity index (χ1n) is 8.00. The molecule has 0 fully saturated rings. The molecular weight excluding hydrogens is 316 g/mol. The van der Waals surface area contributed by atoms with Gasteiger partial charge in [-0.15, -0.1) is 0 Å². The fraction of sp³-hybridized carbons (Fsp3) is 0.100. The van der Waals surface area contributed by atoms with E-state index in [0.29, 0.717) is 0 Å². The maximum atomic E-state index is 10.7. The van der Waals surface area contributed by atoms with E-state index in [9.17, 15) is 10.1 Å². The summed E-state index contributed by atoms with van der Waals surface area (Å²) in [6, 6.07) is 16.6. The number of nitrogens with zero attached hydrogens (tertiary/aromatic N) is 1. The molecule has 3 aromatic rings. The zero-order valence-electron chi connectivity index (χ0n) is 13.6. The average Bonchev–Trinajstić information content (AvgIpc) is 2.63. The molecule has 0 amide bonds. The summed E-state index contributed by atoms with van der Waals surface area (Å²) in [5, 5.41) is 16.2. The van der Waals surface area contributed by atoms with Gasteiger partial charge < -0.3 is 10.1 Å². The molecule has 0 spiro atoms. The zero-order chi connectivity index (χ0) is 17.4. The number of hydrogen-bond donors (Lipinski definition) is 1. The van der Waals surface area contributed by atoms with Crippen LogP contribution in [0.4, 0.5) is 11.4 Å². The van der Waals surface area contributed by atoms with Crippen molar-refractivity contribution in [3.05, 3.63) is 81.9 Å². The van der Waals surface area contributed by atoms with Crippen LogP contribution < -0.4 is 10.1 Å². The van der Waals surface area contributed by atoms with Gasteiger partial charge in [0, 0.05) is 28.8 Å². The Kier molecular flexibility index (Phi) is 3.61. The molecule has 5 heteroatoms. The quantitative estimate of drug-likeness (QED) is 0.547. The van der Waals surface area contributed by atoms with Crippen molar-refractivity contribution in [1.82, 2.24) is 0 Å². The van der Waals surface area contributed by atoms with E-state index in [0.717, 1.165) is 22.4 Å². The molecule has 4 rings (SSSR count). The van der Waals surface area contributed by atoms with Gasteiger partial charge in [0.25, 0.3) is 5.69 Å². The van der Waals surface area contributed by atoms with Crippen LogP contribution in [0, 0.1) is 17.0 Å². The van der Waals surface area contributed by atoms with Crippen LogP contribution >= 0.6 is 0 Å². The van der Waals surface area contributed by atoms with Crippen LogP contribution in [0.25, 0.3) is 16.8 Å². The molecule has 1 atom stereocenters. The van der Waals surface area contributed by atoms with Gasteiger partial charge in [0.15, 0.2) is 6.23 Å². The minimum Gasteiger partial charge on any atom is -0.466 e. The van der Waals surface area contributed by atoms with Crippen LogP contribution in [0.2, 0.25) is 0 Å². The molecule has 3 aromatic carbocycles. The van der Waals surface area contributed by atoms with Crippen molar-refractivity contribution >= 4 is 28.2 Å². The molecule has 0 aliphatic carbocycles. The summed E-state index contributed by atoms with van der Waals surface area (Å²) in [5.74, 6) is 0.850. The molecule has 0 saturated carbocycles. The highest BCUT2D eigenvalue weighted by Crippen LogP contribution is 2.36. The Morgan fingerprint density at radius 3 is 2.52 bits per heavy atom. The molecule has 1 N–H and O–H groups in total. The molecule has 0 radical (unpaired) electrons. The van der Waals surface area contributed by atoms with Gasteiger partial charge in [-0.05, 0) is 48.2 Å². The van der Waals surface area contributed by atoms with E-state index in [-0.39, 0.29) is 11.9 Å². The Bertz CT molecular complexity index is 994. The van der Waals surface area contributed by atoms with E-state index < -0.39 is 4.92 Å². The molecular formula is C20H16N2O3. The molecule has 124 valence electrons. The zero-order valence-corrected chi connectivity index (χ0v) is 13.6. The Hall–Kier alpha value is -3.34. The predicted octanol–water partition coefficient (Wildman–Crippen LogP) is 4.90. The van der Waals surface area contributed by atoms with Crippen molar-refractivity contribution in [2.75, 3.05) is 5.32 Å². The van der Waals surface area contributed by atoms with E-state index in [4.69, 9.17) is 4.74 Å². The van der Waals surface area contributed by atoms with Crippen molar-refractivity contribution in [1.29, 1.82) is 0 Å². The number of aryl methyl sites for hydroxylation is 1. The summed E-state index contributed by atoms with van der Waals surface area (Å²) >= 11 is 0. The third kappa shape index (κ3) is 2.80. The third-order valence-electron chi connectivity index (χ3n) is 4.31. The van der Waals surface area contributed by atoms with Crippen LogP contribution in [-0.4, -0.2) is 11.2 Å². The summed E-state index contributed by atoms with van der Waals surface area (Å²) in [4.78, 5) is 10.3. The Morgan fingerprint density at radius 1 is 1.08 bits per heavy atom. The molecule has 1 heterocycles. The van der Waals surface area contributed by atoms with Gasteiger partial charge in [0.05, 0.1) is 4.92 Å². The molecule has 1 aliphatic heterocycles. The maximum Gasteiger partial charge on any atom is 0.269 e. The van der Waals surface area contributed by atoms with E-state index in [2.05, 4.69) is 30.4 Å². The van der Waals surface area contributed by atoms with E-state index in [1.54, 1.807) is 12.1 Å². The van der Waals surface area contributed by atoms with Gasteiger partial charge >= 0.3 is 0 Å². The van der Waals surface area contributed by atoms with Crippen LogP contribution in [0.3, 0.4) is 0 Å². The lowest BCUT2D eigenvalue weighted by Gasteiger charge is -2.25. The number of hydrogen-bond acceptors (Lipinski definition) is 4. The molecule has 25 heavy (non-hydrogen) atoms. The molecule has 1 unspecified atom stereocenters. The number of non-ortho nitro benzene ring substituents is 1. The van der Waals surface area contributed by atoms with Crippen molar-refractivity contribution in [3.8, 4) is 5.75 Å². The second-order valence-corrected chi connectivity index (χ2v) is 6.00.